The highest BCUT2D eigenvalue weighted by atomic mass is 35.5. The van der Waals surface area contributed by atoms with Gasteiger partial charge < -0.3 is 15.4 Å². The number of carbonyl (C=O) groups is 2. The molecule has 41 heavy (non-hydrogen) atoms. The van der Waals surface area contributed by atoms with Gasteiger partial charge in [0, 0.05) is 5.02 Å². The van der Waals surface area contributed by atoms with Gasteiger partial charge in [0.25, 0.3) is 5.91 Å². The number of alkyl halides is 3. The fourth-order valence-electron chi connectivity index (χ4n) is 4.32. The summed E-state index contributed by atoms with van der Waals surface area (Å²) in [7, 11) is 0. The van der Waals surface area contributed by atoms with Crippen molar-refractivity contribution in [2.24, 2.45) is 0 Å². The molecule has 1 fully saturated rings. The minimum absolute atomic E-state index is 0.00968. The third-order valence-corrected chi connectivity index (χ3v) is 6.74. The fraction of sp³-hybridized carbons (Fsp3) is 0.345. The Morgan fingerprint density at radius 3 is 2.37 bits per heavy atom. The summed E-state index contributed by atoms with van der Waals surface area (Å²) in [5.74, 6) is -3.98. The van der Waals surface area contributed by atoms with Crippen LogP contribution in [0.3, 0.4) is 0 Å². The Balaban J connectivity index is 1.76. The standard InChI is InChI=1S/C29H29ClF4N4O3/c1-28(2,3)17-4-7-21(24(14-17)41-20-10-12-35-13-11-20)26(39)37-22-8-5-18(30)15-23(22)38(27(40)29(32,33)34)25-9-6-19(31)16-36-25/h4-9,14-16,20,35H,10-13H2,1-3H3,(H,37,39). The number of nitrogens with one attached hydrogen (secondary N) is 2. The van der Waals surface area contributed by atoms with Crippen LogP contribution in [0.25, 0.3) is 0 Å². The molecule has 12 heteroatoms. The van der Waals surface area contributed by atoms with Crippen molar-refractivity contribution in [3.05, 3.63) is 76.7 Å². The van der Waals surface area contributed by atoms with E-state index in [-0.39, 0.29) is 32.7 Å². The van der Waals surface area contributed by atoms with Gasteiger partial charge in [-0.3, -0.25) is 14.5 Å². The van der Waals surface area contributed by atoms with Gasteiger partial charge in [0.15, 0.2) is 0 Å². The van der Waals surface area contributed by atoms with Gasteiger partial charge in [-0.1, -0.05) is 38.4 Å². The van der Waals surface area contributed by atoms with Crippen molar-refractivity contribution in [3.8, 4) is 5.75 Å². The highest BCUT2D eigenvalue weighted by Gasteiger charge is 2.45. The normalized spacial score (nSPS) is 14.4. The number of halogens is 5. The predicted octanol–water partition coefficient (Wildman–Crippen LogP) is 6.78. The fourth-order valence-corrected chi connectivity index (χ4v) is 4.48. The molecule has 218 valence electrons. The maximum absolute atomic E-state index is 13.7. The lowest BCUT2D eigenvalue weighted by molar-refractivity contribution is -0.169. The van der Waals surface area contributed by atoms with E-state index in [1.807, 2.05) is 20.8 Å². The molecule has 0 radical (unpaired) electrons. The summed E-state index contributed by atoms with van der Waals surface area (Å²) < 4.78 is 60.8. The van der Waals surface area contributed by atoms with Crippen LogP contribution in [0.2, 0.25) is 5.02 Å². The Kier molecular flexibility index (Phi) is 8.89. The number of hydrogen-bond donors (Lipinski definition) is 2. The van der Waals surface area contributed by atoms with Gasteiger partial charge in [-0.25, -0.2) is 9.37 Å². The zero-order chi connectivity index (χ0) is 29.9. The number of nitrogens with zero attached hydrogens (tertiary/aromatic N) is 2. The van der Waals surface area contributed by atoms with Crippen molar-refractivity contribution in [3.63, 3.8) is 0 Å². The quantitative estimate of drug-likeness (QED) is 0.308. The molecule has 2 N–H and O–H groups in total. The number of benzene rings is 2. The molecule has 1 saturated heterocycles. The number of pyridine rings is 1. The monoisotopic (exact) mass is 592 g/mol. The Hall–Kier alpha value is -3.70. The van der Waals surface area contributed by atoms with Crippen molar-refractivity contribution in [1.29, 1.82) is 0 Å². The van der Waals surface area contributed by atoms with E-state index in [1.165, 1.54) is 12.1 Å². The third-order valence-electron chi connectivity index (χ3n) is 6.51. The van der Waals surface area contributed by atoms with Crippen LogP contribution in [0, 0.1) is 5.82 Å². The van der Waals surface area contributed by atoms with E-state index >= 15 is 0 Å². The topological polar surface area (TPSA) is 83.6 Å². The van der Waals surface area contributed by atoms with Crippen molar-refractivity contribution in [2.75, 3.05) is 23.3 Å². The van der Waals surface area contributed by atoms with E-state index < -0.39 is 35.3 Å². The summed E-state index contributed by atoms with van der Waals surface area (Å²) in [4.78, 5) is 30.1. The third kappa shape index (κ3) is 7.34. The molecule has 1 aliphatic rings. The number of piperidine rings is 1. The van der Waals surface area contributed by atoms with E-state index in [0.717, 1.165) is 49.7 Å². The summed E-state index contributed by atoms with van der Waals surface area (Å²) in [6.07, 6.45) is -3.30. The van der Waals surface area contributed by atoms with Crippen LogP contribution in [0.1, 0.15) is 49.5 Å². The Morgan fingerprint density at radius 1 is 1.05 bits per heavy atom. The summed E-state index contributed by atoms with van der Waals surface area (Å²) >= 11 is 6.10. The van der Waals surface area contributed by atoms with E-state index in [1.54, 1.807) is 18.2 Å². The molecular formula is C29H29ClF4N4O3. The second-order valence-corrected chi connectivity index (χ2v) is 11.1. The second kappa shape index (κ2) is 12.0. The molecule has 0 aliphatic carbocycles. The Bertz CT molecular complexity index is 1420. The number of carbonyl (C=O) groups excluding carboxylic acids is 2. The van der Waals surface area contributed by atoms with Crippen molar-refractivity contribution < 1.29 is 31.9 Å². The molecule has 0 spiro atoms. The maximum Gasteiger partial charge on any atom is 0.472 e. The highest BCUT2D eigenvalue weighted by Crippen LogP contribution is 2.38. The number of aromatic nitrogens is 1. The molecule has 7 nitrogen and oxygen atoms in total. The Labute approximate surface area is 239 Å². The van der Waals surface area contributed by atoms with Gasteiger partial charge in [-0.2, -0.15) is 13.2 Å². The smallest absolute Gasteiger partial charge is 0.472 e. The lowest BCUT2D eigenvalue weighted by atomic mass is 9.86. The first-order valence-electron chi connectivity index (χ1n) is 12.9. The van der Waals surface area contributed by atoms with Crippen molar-refractivity contribution in [2.45, 2.75) is 51.3 Å². The summed E-state index contributed by atoms with van der Waals surface area (Å²) in [5, 5.41) is 5.85. The minimum atomic E-state index is -5.32. The van der Waals surface area contributed by atoms with Crippen molar-refractivity contribution in [1.82, 2.24) is 10.3 Å². The zero-order valence-corrected chi connectivity index (χ0v) is 23.4. The number of amides is 2. The minimum Gasteiger partial charge on any atom is -0.489 e. The maximum atomic E-state index is 13.7. The van der Waals surface area contributed by atoms with Gasteiger partial charge in [0.1, 0.15) is 23.5 Å². The summed E-state index contributed by atoms with van der Waals surface area (Å²) in [6.45, 7) is 7.59. The Morgan fingerprint density at radius 2 is 1.76 bits per heavy atom. The SMILES string of the molecule is CC(C)(C)c1ccc(C(=O)Nc2ccc(Cl)cc2N(C(=O)C(F)(F)F)c2ccc(F)cn2)c(OC2CCNCC2)c1. The van der Waals surface area contributed by atoms with Gasteiger partial charge in [-0.15, -0.1) is 0 Å². The second-order valence-electron chi connectivity index (χ2n) is 10.6. The lowest BCUT2D eigenvalue weighted by Crippen LogP contribution is -2.39. The summed E-state index contributed by atoms with van der Waals surface area (Å²) in [5.41, 5.74) is 0.279. The van der Waals surface area contributed by atoms with E-state index in [9.17, 15) is 27.2 Å². The molecule has 0 bridgehead atoms. The average molecular weight is 593 g/mol. The number of rotatable bonds is 6. The van der Waals surface area contributed by atoms with Crippen molar-refractivity contribution >= 4 is 40.6 Å². The van der Waals surface area contributed by atoms with Crippen LogP contribution in [0.5, 0.6) is 5.75 Å². The van der Waals surface area contributed by atoms with E-state index in [2.05, 4.69) is 15.6 Å². The predicted molar refractivity (Wildman–Crippen MR) is 148 cm³/mol. The van der Waals surface area contributed by atoms with Crippen LogP contribution >= 0.6 is 11.6 Å². The van der Waals surface area contributed by atoms with Gasteiger partial charge in [0.05, 0.1) is 23.1 Å². The molecule has 3 aromatic rings. The molecule has 1 aromatic heterocycles. The number of ether oxygens (including phenoxy) is 1. The molecular weight excluding hydrogens is 564 g/mol. The van der Waals surface area contributed by atoms with Gasteiger partial charge in [0.2, 0.25) is 0 Å². The van der Waals surface area contributed by atoms with Crippen LogP contribution in [0.15, 0.2) is 54.7 Å². The number of hydrogen-bond acceptors (Lipinski definition) is 5. The summed E-state index contributed by atoms with van der Waals surface area (Å²) in [6, 6.07) is 10.7. The molecule has 2 aromatic carbocycles. The first kappa shape index (κ1) is 30.3. The van der Waals surface area contributed by atoms with Crippen LogP contribution < -0.4 is 20.3 Å². The number of anilines is 3. The van der Waals surface area contributed by atoms with Crippen LogP contribution in [-0.2, 0) is 10.2 Å². The molecule has 4 rings (SSSR count). The zero-order valence-electron chi connectivity index (χ0n) is 22.6. The highest BCUT2D eigenvalue weighted by molar-refractivity contribution is 6.31. The van der Waals surface area contributed by atoms with Crippen LogP contribution in [-0.4, -0.2) is 42.2 Å². The molecule has 1 aliphatic heterocycles. The van der Waals surface area contributed by atoms with Crippen LogP contribution in [0.4, 0.5) is 34.8 Å². The molecule has 0 unspecified atom stereocenters. The van der Waals surface area contributed by atoms with E-state index in [4.69, 9.17) is 16.3 Å². The molecule has 2 heterocycles. The van der Waals surface area contributed by atoms with Gasteiger partial charge >= 0.3 is 12.1 Å². The molecule has 2 amide bonds. The molecule has 0 atom stereocenters. The lowest BCUT2D eigenvalue weighted by Gasteiger charge is -2.27. The van der Waals surface area contributed by atoms with Gasteiger partial charge in [-0.05, 0) is 79.4 Å². The molecule has 0 saturated carbocycles. The van der Waals surface area contributed by atoms with E-state index in [0.29, 0.717) is 11.9 Å². The first-order chi connectivity index (χ1) is 19.2. The average Bonchev–Trinajstić information content (AvgIpc) is 2.90. The largest absolute Gasteiger partial charge is 0.489 e. The first-order valence-corrected chi connectivity index (χ1v) is 13.3.